The van der Waals surface area contributed by atoms with E-state index in [1.165, 1.54) is 51.3 Å². The van der Waals surface area contributed by atoms with Crippen molar-refractivity contribution in [1.29, 1.82) is 0 Å². The first kappa shape index (κ1) is 20.4. The van der Waals surface area contributed by atoms with Crippen LogP contribution in [0.5, 0.6) is 5.75 Å². The molecule has 150 valence electrons. The van der Waals surface area contributed by atoms with E-state index in [9.17, 15) is 14.1 Å². The molecule has 3 rings (SSSR count). The van der Waals surface area contributed by atoms with Crippen LogP contribution in [0, 0.1) is 11.7 Å². The zero-order valence-electron chi connectivity index (χ0n) is 15.7. The summed E-state index contributed by atoms with van der Waals surface area (Å²) in [5, 5.41) is 10.1. The summed E-state index contributed by atoms with van der Waals surface area (Å²) < 4.78 is 31.8. The van der Waals surface area contributed by atoms with Crippen LogP contribution in [0.4, 0.5) is 4.39 Å². The number of aromatic hydroxyl groups is 1. The minimum atomic E-state index is -1.85. The van der Waals surface area contributed by atoms with E-state index in [4.69, 9.17) is 0 Å². The van der Waals surface area contributed by atoms with Gasteiger partial charge in [-0.3, -0.25) is 4.79 Å². The fraction of sp³-hybridized carbons (Fsp3) is 0.400. The molecule has 1 atom stereocenters. The minimum absolute atomic E-state index is 0.129. The zero-order valence-corrected chi connectivity index (χ0v) is 16.5. The Balaban J connectivity index is 1.94. The first-order chi connectivity index (χ1) is 13.5. The Morgan fingerprint density at radius 2 is 2.14 bits per heavy atom. The normalized spacial score (nSPS) is 16.9. The summed E-state index contributed by atoms with van der Waals surface area (Å²) in [6, 6.07) is 2.75. The van der Waals surface area contributed by atoms with E-state index >= 15 is 4.39 Å². The van der Waals surface area contributed by atoms with Crippen LogP contribution < -0.4 is 4.72 Å². The number of hydrogen-bond donors (Lipinski definition) is 2. The van der Waals surface area contributed by atoms with Crippen LogP contribution in [-0.2, 0) is 22.3 Å². The summed E-state index contributed by atoms with van der Waals surface area (Å²) in [7, 11) is -0.429. The van der Waals surface area contributed by atoms with Crippen LogP contribution in [-0.4, -0.2) is 32.2 Å². The lowest BCUT2D eigenvalue weighted by molar-refractivity contribution is -0.104. The molecule has 1 saturated carbocycles. The molecular formula is C20H24FN3O3S. The Kier molecular flexibility index (Phi) is 6.74. The van der Waals surface area contributed by atoms with Gasteiger partial charge in [-0.15, -0.1) is 0 Å². The first-order valence-electron chi connectivity index (χ1n) is 9.33. The van der Waals surface area contributed by atoms with Crippen LogP contribution in [0.25, 0.3) is 16.2 Å². The van der Waals surface area contributed by atoms with Crippen LogP contribution >= 0.6 is 0 Å². The third-order valence-corrected chi connectivity index (χ3v) is 6.18. The Hall–Kier alpha value is -2.32. The Morgan fingerprint density at radius 1 is 1.39 bits per heavy atom. The fourth-order valence-corrected chi connectivity index (χ4v) is 4.45. The zero-order chi connectivity index (χ0) is 20.1. The van der Waals surface area contributed by atoms with Gasteiger partial charge in [0, 0.05) is 18.3 Å². The largest absolute Gasteiger partial charge is 0.507 e. The van der Waals surface area contributed by atoms with Crippen molar-refractivity contribution in [3.63, 3.8) is 0 Å². The molecule has 1 aliphatic carbocycles. The number of carbonyl (C=O) groups excluding carboxylic acids is 1. The summed E-state index contributed by atoms with van der Waals surface area (Å²) in [4.78, 5) is 15.1. The highest BCUT2D eigenvalue weighted by atomic mass is 32.2. The lowest BCUT2D eigenvalue weighted by Gasteiger charge is -2.21. The number of carbonyl (C=O) groups is 1. The predicted molar refractivity (Wildman–Crippen MR) is 107 cm³/mol. The minimum Gasteiger partial charge on any atom is -0.507 e. The average molecular weight is 405 g/mol. The number of phenolic OH excluding ortho intramolecular Hbond substituents is 1. The maximum Gasteiger partial charge on any atom is 0.144 e. The summed E-state index contributed by atoms with van der Waals surface area (Å²) in [5.41, 5.74) is 0.342. The first-order valence-corrected chi connectivity index (χ1v) is 10.5. The molecule has 1 aliphatic rings. The second-order valence-corrected chi connectivity index (χ2v) is 8.31. The van der Waals surface area contributed by atoms with Crippen LogP contribution in [0.3, 0.4) is 0 Å². The lowest BCUT2D eigenvalue weighted by Crippen LogP contribution is -2.13. The number of phenols is 1. The Bertz CT molecular complexity index is 904. The van der Waals surface area contributed by atoms with Gasteiger partial charge in [0.25, 0.3) is 0 Å². The lowest BCUT2D eigenvalue weighted by atomic mass is 9.89. The number of benzene rings is 1. The van der Waals surface area contributed by atoms with Crippen molar-refractivity contribution in [2.75, 3.05) is 7.05 Å². The summed E-state index contributed by atoms with van der Waals surface area (Å²) in [5.74, 6) is -0.546. The number of imidazole rings is 1. The quantitative estimate of drug-likeness (QED) is 0.546. The molecule has 1 fully saturated rings. The van der Waals surface area contributed by atoms with Gasteiger partial charge in [-0.05, 0) is 44.0 Å². The average Bonchev–Trinajstić information content (AvgIpc) is 3.15. The number of aldehydes is 1. The summed E-state index contributed by atoms with van der Waals surface area (Å²) >= 11 is 0. The molecule has 0 bridgehead atoms. The van der Waals surface area contributed by atoms with Gasteiger partial charge < -0.3 is 9.67 Å². The second kappa shape index (κ2) is 9.25. The van der Waals surface area contributed by atoms with Crippen molar-refractivity contribution in [1.82, 2.24) is 14.3 Å². The number of nitrogens with zero attached hydrogens (tertiary/aromatic N) is 2. The Labute approximate surface area is 166 Å². The van der Waals surface area contributed by atoms with E-state index in [-0.39, 0.29) is 21.8 Å². The van der Waals surface area contributed by atoms with Gasteiger partial charge in [0.2, 0.25) is 0 Å². The highest BCUT2D eigenvalue weighted by molar-refractivity contribution is 7.92. The van der Waals surface area contributed by atoms with Gasteiger partial charge in [0.05, 0.1) is 22.5 Å². The number of halogens is 1. The molecule has 0 radical (unpaired) electrons. The van der Waals surface area contributed by atoms with Gasteiger partial charge in [0.15, 0.2) is 0 Å². The van der Waals surface area contributed by atoms with Gasteiger partial charge in [-0.25, -0.2) is 18.3 Å². The van der Waals surface area contributed by atoms with E-state index in [1.54, 1.807) is 12.5 Å². The van der Waals surface area contributed by atoms with E-state index in [0.717, 1.165) is 12.6 Å². The van der Waals surface area contributed by atoms with E-state index < -0.39 is 16.8 Å². The molecule has 1 aromatic heterocycles. The standard InChI is InChI=1S/C20H24FN3O3S/c1-22-28(27)18(9-10-25)19-17(26)8-7-15(20(19)21)16-12-24(13-23-16)11-14-5-3-2-4-6-14/h7-10,12-14,22,26H,2-6,11H2,1H3/b18-9-. The van der Waals surface area contributed by atoms with Crippen molar-refractivity contribution in [3.8, 4) is 17.0 Å². The van der Waals surface area contributed by atoms with Crippen molar-refractivity contribution in [2.24, 2.45) is 5.92 Å². The molecule has 1 unspecified atom stereocenters. The molecular weight excluding hydrogens is 381 g/mol. The monoisotopic (exact) mass is 405 g/mol. The smallest absolute Gasteiger partial charge is 0.144 e. The van der Waals surface area contributed by atoms with Crippen LogP contribution in [0.1, 0.15) is 37.7 Å². The van der Waals surface area contributed by atoms with Crippen molar-refractivity contribution in [3.05, 3.63) is 42.1 Å². The van der Waals surface area contributed by atoms with Crippen LogP contribution in [0.2, 0.25) is 0 Å². The van der Waals surface area contributed by atoms with Gasteiger partial charge in [0.1, 0.15) is 28.8 Å². The fourth-order valence-electron chi connectivity index (χ4n) is 3.67. The number of rotatable bonds is 7. The van der Waals surface area contributed by atoms with Crippen LogP contribution in [0.15, 0.2) is 30.7 Å². The highest BCUT2D eigenvalue weighted by Crippen LogP contribution is 2.35. The molecule has 0 amide bonds. The SMILES string of the molecule is CNS(=O)/C(=C\C=O)c1c(O)ccc(-c2cn(CC3CCCCC3)cn2)c1F. The second-order valence-electron chi connectivity index (χ2n) is 6.92. The molecule has 2 N–H and O–H groups in total. The van der Waals surface area contributed by atoms with Crippen molar-refractivity contribution < 1.29 is 18.5 Å². The molecule has 1 heterocycles. The maximum absolute atomic E-state index is 15.2. The number of aromatic nitrogens is 2. The molecule has 28 heavy (non-hydrogen) atoms. The third kappa shape index (κ3) is 4.39. The van der Waals surface area contributed by atoms with Crippen molar-refractivity contribution >= 4 is 22.2 Å². The van der Waals surface area contributed by atoms with Gasteiger partial charge in [-0.2, -0.15) is 0 Å². The topological polar surface area (TPSA) is 84.2 Å². The van der Waals surface area contributed by atoms with E-state index in [1.807, 2.05) is 4.57 Å². The highest BCUT2D eigenvalue weighted by Gasteiger charge is 2.23. The van der Waals surface area contributed by atoms with Gasteiger partial charge in [-0.1, -0.05) is 19.3 Å². The molecule has 1 aromatic carbocycles. The molecule has 0 saturated heterocycles. The number of allylic oxidation sites excluding steroid dienone is 1. The molecule has 0 spiro atoms. The molecule has 6 nitrogen and oxygen atoms in total. The third-order valence-electron chi connectivity index (χ3n) is 5.07. The number of hydrogen-bond acceptors (Lipinski definition) is 4. The number of nitrogens with one attached hydrogen (secondary N) is 1. The molecule has 8 heteroatoms. The summed E-state index contributed by atoms with van der Waals surface area (Å²) in [6.45, 7) is 0.847. The van der Waals surface area contributed by atoms with Crippen molar-refractivity contribution in [2.45, 2.75) is 38.6 Å². The maximum atomic E-state index is 15.2. The molecule has 0 aliphatic heterocycles. The summed E-state index contributed by atoms with van der Waals surface area (Å²) in [6.07, 6.45) is 11.0. The Morgan fingerprint density at radius 3 is 2.82 bits per heavy atom. The van der Waals surface area contributed by atoms with Gasteiger partial charge >= 0.3 is 0 Å². The van der Waals surface area contributed by atoms with E-state index in [0.29, 0.717) is 17.9 Å². The predicted octanol–water partition coefficient (Wildman–Crippen LogP) is 3.40. The van der Waals surface area contributed by atoms with E-state index in [2.05, 4.69) is 9.71 Å². The molecule has 2 aromatic rings.